The van der Waals surface area contributed by atoms with E-state index in [1.807, 2.05) is 48.5 Å². The topological polar surface area (TPSA) is 177 Å². The summed E-state index contributed by atoms with van der Waals surface area (Å²) in [6.07, 6.45) is -2.77. The molecule has 0 bridgehead atoms. The Morgan fingerprint density at radius 2 is 1.47 bits per heavy atom. The molecule has 6 N–H and O–H groups in total. The van der Waals surface area contributed by atoms with Crippen LogP contribution >= 0.6 is 0 Å². The minimum atomic E-state index is -3.25. The van der Waals surface area contributed by atoms with Crippen LogP contribution in [0.1, 0.15) is 60.1 Å². The second-order valence-corrected chi connectivity index (χ2v) is 14.8. The van der Waals surface area contributed by atoms with Gasteiger partial charge in [-0.25, -0.2) is 17.5 Å². The Kier molecular flexibility index (Phi) is 12.2. The Hall–Kier alpha value is -3.27. The Morgan fingerprint density at radius 3 is 2.10 bits per heavy atom. The third-order valence-electron chi connectivity index (χ3n) is 9.47. The van der Waals surface area contributed by atoms with E-state index in [0.29, 0.717) is 50.6 Å². The van der Waals surface area contributed by atoms with Crippen molar-refractivity contribution in [2.24, 2.45) is 5.92 Å². The molecule has 266 valence electrons. The lowest BCUT2D eigenvalue weighted by Gasteiger charge is -2.48. The van der Waals surface area contributed by atoms with Crippen LogP contribution in [0.3, 0.4) is 0 Å². The summed E-state index contributed by atoms with van der Waals surface area (Å²) in [7, 11) is -3.25. The van der Waals surface area contributed by atoms with E-state index in [4.69, 9.17) is 4.74 Å². The molecular weight excluding hydrogens is 655 g/mol. The van der Waals surface area contributed by atoms with Crippen molar-refractivity contribution in [2.75, 3.05) is 24.3 Å². The predicted molar refractivity (Wildman–Crippen MR) is 180 cm³/mol. The van der Waals surface area contributed by atoms with Gasteiger partial charge in [0, 0.05) is 12.2 Å². The number of rotatable bonds is 15. The number of aryl methyl sites for hydroxylation is 2. The van der Waals surface area contributed by atoms with Gasteiger partial charge >= 0.3 is 0 Å². The fourth-order valence-corrected chi connectivity index (χ4v) is 7.18. The lowest BCUT2D eigenvalue weighted by Crippen LogP contribution is -2.58. The number of aliphatic hydroxyl groups excluding tert-OH is 5. The number of ether oxygens (including phenoxy) is 1. The molecule has 13 heteroatoms. The van der Waals surface area contributed by atoms with E-state index < -0.39 is 65.0 Å². The van der Waals surface area contributed by atoms with Crippen molar-refractivity contribution in [3.05, 3.63) is 101 Å². The van der Waals surface area contributed by atoms with Crippen LogP contribution in [0.25, 0.3) is 0 Å². The van der Waals surface area contributed by atoms with Gasteiger partial charge in [0.1, 0.15) is 30.2 Å². The molecule has 0 aromatic heterocycles. The van der Waals surface area contributed by atoms with E-state index in [-0.39, 0.29) is 11.9 Å². The summed E-state index contributed by atoms with van der Waals surface area (Å²) in [5.74, 6) is -0.876. The molecular formula is C36H45FN2O9S. The summed E-state index contributed by atoms with van der Waals surface area (Å²) in [4.78, 5) is 15.4. The molecule has 0 radical (unpaired) electrons. The fourth-order valence-electron chi connectivity index (χ4n) is 6.67. The van der Waals surface area contributed by atoms with Crippen molar-refractivity contribution < 1.29 is 47.9 Å². The number of halogens is 1. The molecule has 0 saturated carbocycles. The molecule has 2 saturated heterocycles. The predicted octanol–water partition coefficient (Wildman–Crippen LogP) is 2.30. The van der Waals surface area contributed by atoms with Gasteiger partial charge in [-0.3, -0.25) is 4.79 Å². The second kappa shape index (κ2) is 16.2. The van der Waals surface area contributed by atoms with Gasteiger partial charge in [0.2, 0.25) is 15.9 Å². The van der Waals surface area contributed by atoms with Gasteiger partial charge in [-0.15, -0.1) is 0 Å². The SMILES string of the molecule is CS(=O)(=O)NCCCc1ccc(N2C(=O)C(CC[C@H](O)c3ccc(F)cc3)[C@H]2c2ccc(CCC3O[C@H](CO)[C@@H](O)[C@H](O)[C@H]3O)cc2)cc1. The minimum absolute atomic E-state index is 0.0758. The Morgan fingerprint density at radius 1 is 0.857 bits per heavy atom. The Balaban J connectivity index is 1.28. The summed E-state index contributed by atoms with van der Waals surface area (Å²) >= 11 is 0. The van der Waals surface area contributed by atoms with Gasteiger partial charge in [-0.05, 0) is 85.0 Å². The zero-order valence-electron chi connectivity index (χ0n) is 27.3. The van der Waals surface area contributed by atoms with E-state index in [0.717, 1.165) is 28.6 Å². The molecule has 2 fully saturated rings. The lowest BCUT2D eigenvalue weighted by molar-refractivity contribution is -0.230. The van der Waals surface area contributed by atoms with Crippen molar-refractivity contribution in [3.8, 4) is 0 Å². The normalized spacial score (nSPS) is 26.4. The highest BCUT2D eigenvalue weighted by Crippen LogP contribution is 2.46. The first-order valence-corrected chi connectivity index (χ1v) is 18.4. The summed E-state index contributed by atoms with van der Waals surface area (Å²) in [6, 6.07) is 20.7. The van der Waals surface area contributed by atoms with Gasteiger partial charge in [-0.2, -0.15) is 0 Å². The highest BCUT2D eigenvalue weighted by molar-refractivity contribution is 7.88. The molecule has 2 aliphatic heterocycles. The van der Waals surface area contributed by atoms with Gasteiger partial charge < -0.3 is 35.2 Å². The van der Waals surface area contributed by atoms with Crippen LogP contribution in [0.2, 0.25) is 0 Å². The number of carbonyl (C=O) groups is 1. The largest absolute Gasteiger partial charge is 0.394 e. The molecule has 5 rings (SSSR count). The zero-order valence-corrected chi connectivity index (χ0v) is 28.1. The number of β-lactam (4-membered cyclic amide) rings is 1. The quantitative estimate of drug-likeness (QED) is 0.103. The summed E-state index contributed by atoms with van der Waals surface area (Å²) in [5, 5.41) is 50.9. The third kappa shape index (κ3) is 9.10. The number of benzene rings is 3. The smallest absolute Gasteiger partial charge is 0.233 e. The number of anilines is 1. The van der Waals surface area contributed by atoms with Crippen LogP contribution in [0.5, 0.6) is 0 Å². The molecule has 1 amide bonds. The maximum Gasteiger partial charge on any atom is 0.233 e. The first-order chi connectivity index (χ1) is 23.4. The minimum Gasteiger partial charge on any atom is -0.394 e. The Bertz CT molecular complexity index is 1640. The standard InChI is InChI=1S/C36H45FN2O9S/c1-49(46,47)38-20-2-3-22-6-15-27(16-7-22)39-32(28(36(39)45)17-18-29(41)24-11-13-26(37)14-12-24)25-9-4-23(5-10-25)8-19-30-33(42)35(44)34(43)31(21-40)48-30/h4-7,9-16,28-35,38,40-44H,2-3,8,17-21H2,1H3/t28?,29-,30?,31+,32+,33-,34+,35+/m0/s1. The number of amides is 1. The average molecular weight is 701 g/mol. The molecule has 2 heterocycles. The fraction of sp³-hybridized carbons (Fsp3) is 0.472. The van der Waals surface area contributed by atoms with Gasteiger partial charge in [0.15, 0.2) is 0 Å². The summed E-state index contributed by atoms with van der Waals surface area (Å²) < 4.78 is 44.2. The van der Waals surface area contributed by atoms with Crippen molar-refractivity contribution in [2.45, 2.75) is 81.2 Å². The molecule has 11 nitrogen and oxygen atoms in total. The van der Waals surface area contributed by atoms with Gasteiger partial charge in [0.25, 0.3) is 0 Å². The molecule has 8 atom stereocenters. The van der Waals surface area contributed by atoms with Crippen LogP contribution < -0.4 is 9.62 Å². The Labute approximate surface area is 286 Å². The number of nitrogens with one attached hydrogen (secondary N) is 1. The lowest BCUT2D eigenvalue weighted by atomic mass is 9.78. The molecule has 3 aromatic rings. The molecule has 0 aliphatic carbocycles. The number of nitrogens with zero attached hydrogens (tertiary/aromatic N) is 1. The molecule has 2 aliphatic rings. The summed E-state index contributed by atoms with van der Waals surface area (Å²) in [6.45, 7) is -0.155. The molecule has 49 heavy (non-hydrogen) atoms. The monoisotopic (exact) mass is 700 g/mol. The maximum absolute atomic E-state index is 13.6. The van der Waals surface area contributed by atoms with Crippen molar-refractivity contribution in [1.82, 2.24) is 4.72 Å². The summed E-state index contributed by atoms with van der Waals surface area (Å²) in [5.41, 5.74) is 4.12. The van der Waals surface area contributed by atoms with E-state index in [2.05, 4.69) is 4.72 Å². The first-order valence-electron chi connectivity index (χ1n) is 16.6. The van der Waals surface area contributed by atoms with Crippen molar-refractivity contribution in [3.63, 3.8) is 0 Å². The highest BCUT2D eigenvalue weighted by atomic mass is 32.2. The first kappa shape index (κ1) is 37.0. The van der Waals surface area contributed by atoms with Crippen LogP contribution in [-0.4, -0.2) is 89.8 Å². The maximum atomic E-state index is 13.6. The number of aliphatic hydroxyl groups is 5. The van der Waals surface area contributed by atoms with Crippen molar-refractivity contribution in [1.29, 1.82) is 0 Å². The number of hydrogen-bond acceptors (Lipinski definition) is 9. The second-order valence-electron chi connectivity index (χ2n) is 13.0. The van der Waals surface area contributed by atoms with Crippen molar-refractivity contribution >= 4 is 21.6 Å². The number of carbonyl (C=O) groups excluding carboxylic acids is 1. The molecule has 3 aromatic carbocycles. The van der Waals surface area contributed by atoms with E-state index in [9.17, 15) is 43.1 Å². The molecule has 2 unspecified atom stereocenters. The zero-order chi connectivity index (χ0) is 35.3. The van der Waals surface area contributed by atoms with Gasteiger partial charge in [0.05, 0.1) is 37.0 Å². The average Bonchev–Trinajstić information content (AvgIpc) is 3.08. The van der Waals surface area contributed by atoms with Crippen LogP contribution in [0.15, 0.2) is 72.8 Å². The van der Waals surface area contributed by atoms with E-state index in [1.165, 1.54) is 24.3 Å². The van der Waals surface area contributed by atoms with E-state index >= 15 is 0 Å². The third-order valence-corrected chi connectivity index (χ3v) is 10.2. The number of hydrogen-bond donors (Lipinski definition) is 6. The highest BCUT2D eigenvalue weighted by Gasteiger charge is 2.48. The molecule has 0 spiro atoms. The number of sulfonamides is 1. The van der Waals surface area contributed by atoms with Crippen LogP contribution in [0, 0.1) is 11.7 Å². The van der Waals surface area contributed by atoms with Crippen LogP contribution in [0.4, 0.5) is 10.1 Å². The van der Waals surface area contributed by atoms with E-state index in [1.54, 1.807) is 4.90 Å². The van der Waals surface area contributed by atoms with Gasteiger partial charge in [-0.1, -0.05) is 48.5 Å². The van der Waals surface area contributed by atoms with Crippen LogP contribution in [-0.2, 0) is 32.4 Å².